The second-order valence-corrected chi connectivity index (χ2v) is 5.43. The molecule has 1 saturated heterocycles. The van der Waals surface area contributed by atoms with Crippen LogP contribution in [0.15, 0.2) is 0 Å². The number of rotatable bonds is 3. The number of aliphatic hydroxyl groups is 1. The summed E-state index contributed by atoms with van der Waals surface area (Å²) in [6.45, 7) is 1.14. The topological polar surface area (TPSA) is 70.6 Å². The number of ether oxygens (including phenoxy) is 1. The summed E-state index contributed by atoms with van der Waals surface area (Å²) in [5, 5.41) is 14.4. The van der Waals surface area contributed by atoms with E-state index in [-0.39, 0.29) is 24.1 Å². The molecular weight excluding hydrogens is 220 g/mol. The zero-order valence-electron chi connectivity index (χ0n) is 9.95. The minimum Gasteiger partial charge on any atom is -0.395 e. The maximum absolute atomic E-state index is 11.6. The predicted molar refractivity (Wildman–Crippen MR) is 61.5 cm³/mol. The lowest BCUT2D eigenvalue weighted by Crippen LogP contribution is -2.72. The van der Waals surface area contributed by atoms with Gasteiger partial charge >= 0.3 is 6.03 Å². The smallest absolute Gasteiger partial charge is 0.315 e. The van der Waals surface area contributed by atoms with Gasteiger partial charge in [-0.25, -0.2) is 4.79 Å². The first-order chi connectivity index (χ1) is 8.28. The number of aliphatic hydroxyl groups excluding tert-OH is 1. The van der Waals surface area contributed by atoms with Gasteiger partial charge in [-0.15, -0.1) is 0 Å². The first-order valence-corrected chi connectivity index (χ1v) is 6.55. The lowest BCUT2D eigenvalue weighted by atomic mass is 9.46. The van der Waals surface area contributed by atoms with Crippen LogP contribution < -0.4 is 10.6 Å². The molecule has 2 aliphatic carbocycles. The van der Waals surface area contributed by atoms with E-state index in [0.717, 1.165) is 13.0 Å². The highest BCUT2D eigenvalue weighted by molar-refractivity contribution is 5.74. The summed E-state index contributed by atoms with van der Waals surface area (Å²) < 4.78 is 5.79. The Balaban J connectivity index is 1.60. The second-order valence-electron chi connectivity index (χ2n) is 5.43. The average molecular weight is 240 g/mol. The van der Waals surface area contributed by atoms with Crippen molar-refractivity contribution >= 4 is 6.03 Å². The molecule has 17 heavy (non-hydrogen) atoms. The predicted octanol–water partition coefficient (Wildman–Crippen LogP) is 0.235. The van der Waals surface area contributed by atoms with Crippen LogP contribution in [-0.4, -0.2) is 43.0 Å². The van der Waals surface area contributed by atoms with Crippen molar-refractivity contribution in [1.82, 2.24) is 10.6 Å². The minimum atomic E-state index is -0.152. The third-order valence-electron chi connectivity index (χ3n) is 4.72. The summed E-state index contributed by atoms with van der Waals surface area (Å²) in [5.41, 5.74) is 0.234. The highest BCUT2D eigenvalue weighted by Gasteiger charge is 2.66. The van der Waals surface area contributed by atoms with Crippen LogP contribution >= 0.6 is 0 Å². The van der Waals surface area contributed by atoms with Crippen LogP contribution in [0.25, 0.3) is 0 Å². The molecule has 3 aliphatic rings. The summed E-state index contributed by atoms with van der Waals surface area (Å²) in [7, 11) is 0. The number of hydrogen-bond acceptors (Lipinski definition) is 3. The van der Waals surface area contributed by atoms with Crippen LogP contribution in [0.4, 0.5) is 4.79 Å². The van der Waals surface area contributed by atoms with Gasteiger partial charge in [-0.3, -0.25) is 0 Å². The molecule has 3 atom stereocenters. The van der Waals surface area contributed by atoms with E-state index >= 15 is 0 Å². The van der Waals surface area contributed by atoms with Gasteiger partial charge in [0.2, 0.25) is 0 Å². The molecule has 1 aliphatic heterocycles. The van der Waals surface area contributed by atoms with Gasteiger partial charge in [0.15, 0.2) is 0 Å². The third-order valence-corrected chi connectivity index (χ3v) is 4.72. The molecular formula is C12H20N2O3. The quantitative estimate of drug-likeness (QED) is 0.661. The van der Waals surface area contributed by atoms with Crippen molar-refractivity contribution in [2.75, 3.05) is 19.8 Å². The third kappa shape index (κ3) is 1.56. The van der Waals surface area contributed by atoms with E-state index in [1.165, 1.54) is 19.3 Å². The maximum atomic E-state index is 11.6. The van der Waals surface area contributed by atoms with E-state index in [1.807, 2.05) is 0 Å². The van der Waals surface area contributed by atoms with Gasteiger partial charge in [0.25, 0.3) is 0 Å². The van der Waals surface area contributed by atoms with Crippen molar-refractivity contribution in [3.63, 3.8) is 0 Å². The van der Waals surface area contributed by atoms with Gasteiger partial charge in [0.1, 0.15) is 0 Å². The summed E-state index contributed by atoms with van der Waals surface area (Å²) in [4.78, 5) is 11.6. The van der Waals surface area contributed by atoms with Crippen LogP contribution in [0, 0.1) is 11.3 Å². The van der Waals surface area contributed by atoms with Crippen molar-refractivity contribution < 1.29 is 14.6 Å². The fourth-order valence-corrected chi connectivity index (χ4v) is 3.82. The van der Waals surface area contributed by atoms with Crippen LogP contribution in [0.3, 0.4) is 0 Å². The fourth-order valence-electron chi connectivity index (χ4n) is 3.82. The fraction of sp³-hybridized carbons (Fsp3) is 0.917. The Labute approximate surface area is 101 Å². The van der Waals surface area contributed by atoms with Gasteiger partial charge in [-0.1, -0.05) is 6.42 Å². The molecule has 0 radical (unpaired) electrons. The van der Waals surface area contributed by atoms with Crippen molar-refractivity contribution in [2.45, 2.75) is 37.8 Å². The molecule has 0 aromatic rings. The molecule has 2 amide bonds. The zero-order chi connectivity index (χ0) is 11.9. The summed E-state index contributed by atoms with van der Waals surface area (Å²) >= 11 is 0. The molecule has 3 N–H and O–H groups in total. The Morgan fingerprint density at radius 3 is 2.94 bits per heavy atom. The van der Waals surface area contributed by atoms with Gasteiger partial charge in [-0.05, 0) is 19.3 Å². The average Bonchev–Trinajstić information content (AvgIpc) is 2.66. The number of carbonyl (C=O) groups is 1. The lowest BCUT2D eigenvalue weighted by Gasteiger charge is -2.63. The molecule has 3 fully saturated rings. The summed E-state index contributed by atoms with van der Waals surface area (Å²) in [5.74, 6) is 0.509. The normalized spacial score (nSPS) is 36.9. The van der Waals surface area contributed by atoms with Gasteiger partial charge < -0.3 is 20.5 Å². The SMILES string of the molecule is O=C(NCCO)NC1C2CCOC2C12CCC2. The number of nitrogens with one attached hydrogen (secondary N) is 2. The summed E-state index contributed by atoms with van der Waals surface area (Å²) in [6, 6.07) is 0.128. The Kier molecular flexibility index (Phi) is 2.75. The standard InChI is InChI=1S/C12H20N2O3/c15-6-5-13-11(16)14-9-8-2-7-17-10(8)12(9)3-1-4-12/h8-10,15H,1-7H2,(H2,13,14,16). The van der Waals surface area contributed by atoms with E-state index in [2.05, 4.69) is 10.6 Å². The number of fused-ring (bicyclic) bond motifs is 2. The molecule has 1 heterocycles. The van der Waals surface area contributed by atoms with Crippen molar-refractivity contribution in [3.8, 4) is 0 Å². The Morgan fingerprint density at radius 2 is 2.29 bits per heavy atom. The Hall–Kier alpha value is -0.810. The van der Waals surface area contributed by atoms with E-state index in [4.69, 9.17) is 9.84 Å². The Morgan fingerprint density at radius 1 is 1.47 bits per heavy atom. The highest BCUT2D eigenvalue weighted by atomic mass is 16.5. The number of amides is 2. The lowest BCUT2D eigenvalue weighted by molar-refractivity contribution is -0.172. The molecule has 0 aromatic carbocycles. The monoisotopic (exact) mass is 240 g/mol. The van der Waals surface area contributed by atoms with Crippen LogP contribution in [0.2, 0.25) is 0 Å². The second kappa shape index (κ2) is 4.14. The van der Waals surface area contributed by atoms with Gasteiger partial charge in [0.05, 0.1) is 12.7 Å². The summed E-state index contributed by atoms with van der Waals surface area (Å²) in [6.07, 6.45) is 5.07. The van der Waals surface area contributed by atoms with Gasteiger partial charge in [0, 0.05) is 30.5 Å². The largest absolute Gasteiger partial charge is 0.395 e. The molecule has 0 bridgehead atoms. The van der Waals surface area contributed by atoms with E-state index in [1.54, 1.807) is 0 Å². The molecule has 0 aromatic heterocycles. The molecule has 96 valence electrons. The molecule has 1 spiro atoms. The van der Waals surface area contributed by atoms with Crippen molar-refractivity contribution in [1.29, 1.82) is 0 Å². The number of urea groups is 1. The maximum Gasteiger partial charge on any atom is 0.315 e. The van der Waals surface area contributed by atoms with E-state index in [0.29, 0.717) is 18.6 Å². The van der Waals surface area contributed by atoms with E-state index in [9.17, 15) is 4.79 Å². The Bertz CT molecular complexity index is 317. The van der Waals surface area contributed by atoms with Crippen molar-refractivity contribution in [2.24, 2.45) is 11.3 Å². The van der Waals surface area contributed by atoms with Crippen LogP contribution in [0.1, 0.15) is 25.7 Å². The molecule has 5 nitrogen and oxygen atoms in total. The van der Waals surface area contributed by atoms with Gasteiger partial charge in [-0.2, -0.15) is 0 Å². The molecule has 3 rings (SSSR count). The van der Waals surface area contributed by atoms with Crippen LogP contribution in [-0.2, 0) is 4.74 Å². The van der Waals surface area contributed by atoms with E-state index < -0.39 is 0 Å². The first kappa shape index (κ1) is 11.3. The highest BCUT2D eigenvalue weighted by Crippen LogP contribution is 2.62. The minimum absolute atomic E-state index is 0.0155. The van der Waals surface area contributed by atoms with Crippen LogP contribution in [0.5, 0.6) is 0 Å². The van der Waals surface area contributed by atoms with Crippen molar-refractivity contribution in [3.05, 3.63) is 0 Å². The first-order valence-electron chi connectivity index (χ1n) is 6.55. The molecule has 5 heteroatoms. The number of carbonyl (C=O) groups excluding carboxylic acids is 1. The molecule has 3 unspecified atom stereocenters. The zero-order valence-corrected chi connectivity index (χ0v) is 9.95. The molecule has 2 saturated carbocycles. The number of hydrogen-bond donors (Lipinski definition) is 3.